The van der Waals surface area contributed by atoms with Crippen molar-refractivity contribution in [2.45, 2.75) is 13.8 Å². The van der Waals surface area contributed by atoms with Crippen LogP contribution in [0.15, 0.2) is 42.5 Å². The molecule has 144 valence electrons. The van der Waals surface area contributed by atoms with Gasteiger partial charge in [-0.2, -0.15) is 0 Å². The standard InChI is InChI=1S/C18H20ClN3O4S/c1-12-7-8-16(13(2)9-12)18(24)21-20-17(23)11-22(27(3,25)26)15-6-4-5-14(19)10-15/h4-10H,11H2,1-3H3,(H,20,23)(H,21,24). The van der Waals surface area contributed by atoms with Gasteiger partial charge in [-0.05, 0) is 43.7 Å². The van der Waals surface area contributed by atoms with Crippen molar-refractivity contribution in [2.24, 2.45) is 0 Å². The SMILES string of the molecule is Cc1ccc(C(=O)NNC(=O)CN(c2cccc(Cl)c2)S(C)(=O)=O)c(C)c1. The van der Waals surface area contributed by atoms with E-state index >= 15 is 0 Å². The molecule has 0 spiro atoms. The number of nitrogens with one attached hydrogen (secondary N) is 2. The fourth-order valence-electron chi connectivity index (χ4n) is 2.46. The van der Waals surface area contributed by atoms with Crippen molar-refractivity contribution in [1.29, 1.82) is 0 Å². The molecular weight excluding hydrogens is 390 g/mol. The highest BCUT2D eigenvalue weighted by Gasteiger charge is 2.21. The highest BCUT2D eigenvalue weighted by molar-refractivity contribution is 7.92. The van der Waals surface area contributed by atoms with Gasteiger partial charge in [0, 0.05) is 10.6 Å². The van der Waals surface area contributed by atoms with Crippen LogP contribution in [0.4, 0.5) is 5.69 Å². The fraction of sp³-hybridized carbons (Fsp3) is 0.222. The molecule has 0 unspecified atom stereocenters. The van der Waals surface area contributed by atoms with E-state index < -0.39 is 28.4 Å². The Morgan fingerprint density at radius 1 is 1.07 bits per heavy atom. The molecule has 7 nitrogen and oxygen atoms in total. The minimum Gasteiger partial charge on any atom is -0.271 e. The summed E-state index contributed by atoms with van der Waals surface area (Å²) < 4.78 is 25.0. The van der Waals surface area contributed by atoms with Gasteiger partial charge in [0.2, 0.25) is 10.0 Å². The summed E-state index contributed by atoms with van der Waals surface area (Å²) in [6.07, 6.45) is 0.982. The first kappa shape index (κ1) is 20.7. The number of rotatable bonds is 5. The normalized spacial score (nSPS) is 11.0. The smallest absolute Gasteiger partial charge is 0.269 e. The summed E-state index contributed by atoms with van der Waals surface area (Å²) >= 11 is 5.89. The zero-order valence-electron chi connectivity index (χ0n) is 15.1. The van der Waals surface area contributed by atoms with Crippen LogP contribution in [-0.4, -0.2) is 33.0 Å². The van der Waals surface area contributed by atoms with Crippen molar-refractivity contribution in [3.63, 3.8) is 0 Å². The maximum Gasteiger partial charge on any atom is 0.269 e. The van der Waals surface area contributed by atoms with Crippen LogP contribution in [0, 0.1) is 13.8 Å². The molecule has 9 heteroatoms. The topological polar surface area (TPSA) is 95.6 Å². The number of nitrogens with zero attached hydrogens (tertiary/aromatic N) is 1. The average molecular weight is 410 g/mol. The van der Waals surface area contributed by atoms with Gasteiger partial charge in [-0.15, -0.1) is 0 Å². The van der Waals surface area contributed by atoms with Crippen LogP contribution in [-0.2, 0) is 14.8 Å². The lowest BCUT2D eigenvalue weighted by atomic mass is 10.1. The van der Waals surface area contributed by atoms with Crippen LogP contribution in [0.25, 0.3) is 0 Å². The van der Waals surface area contributed by atoms with E-state index in [2.05, 4.69) is 10.9 Å². The number of hydrazine groups is 1. The number of aryl methyl sites for hydroxylation is 2. The van der Waals surface area contributed by atoms with Crippen LogP contribution in [0.2, 0.25) is 5.02 Å². The van der Waals surface area contributed by atoms with Gasteiger partial charge in [0.1, 0.15) is 6.54 Å². The molecule has 0 saturated carbocycles. The van der Waals surface area contributed by atoms with E-state index in [1.165, 1.54) is 12.1 Å². The Balaban J connectivity index is 2.07. The van der Waals surface area contributed by atoms with Gasteiger partial charge in [-0.1, -0.05) is 35.4 Å². The van der Waals surface area contributed by atoms with E-state index in [-0.39, 0.29) is 5.69 Å². The van der Waals surface area contributed by atoms with E-state index in [1.807, 2.05) is 13.0 Å². The predicted molar refractivity (Wildman–Crippen MR) is 105 cm³/mol. The van der Waals surface area contributed by atoms with Crippen molar-refractivity contribution in [1.82, 2.24) is 10.9 Å². The van der Waals surface area contributed by atoms with Gasteiger partial charge < -0.3 is 0 Å². The minimum absolute atomic E-state index is 0.251. The van der Waals surface area contributed by atoms with Crippen molar-refractivity contribution in [2.75, 3.05) is 17.1 Å². The number of carbonyl (C=O) groups is 2. The van der Waals surface area contributed by atoms with Gasteiger partial charge >= 0.3 is 0 Å². The largest absolute Gasteiger partial charge is 0.271 e. The number of amides is 2. The molecule has 0 atom stereocenters. The molecule has 0 radical (unpaired) electrons. The van der Waals surface area contributed by atoms with Crippen molar-refractivity contribution in [3.05, 3.63) is 64.2 Å². The van der Waals surface area contributed by atoms with Crippen molar-refractivity contribution < 1.29 is 18.0 Å². The minimum atomic E-state index is -3.73. The number of hydrogen-bond acceptors (Lipinski definition) is 4. The van der Waals surface area contributed by atoms with E-state index in [1.54, 1.807) is 31.2 Å². The first-order chi connectivity index (χ1) is 12.6. The summed E-state index contributed by atoms with van der Waals surface area (Å²) in [7, 11) is -3.73. The van der Waals surface area contributed by atoms with E-state index in [4.69, 9.17) is 11.6 Å². The quantitative estimate of drug-likeness (QED) is 0.740. The van der Waals surface area contributed by atoms with E-state index in [0.29, 0.717) is 10.6 Å². The number of carbonyl (C=O) groups excluding carboxylic acids is 2. The average Bonchev–Trinajstić information content (AvgIpc) is 2.56. The predicted octanol–water partition coefficient (Wildman–Crippen LogP) is 2.18. The molecule has 27 heavy (non-hydrogen) atoms. The van der Waals surface area contributed by atoms with Gasteiger partial charge in [0.15, 0.2) is 0 Å². The molecule has 0 fully saturated rings. The number of hydrogen-bond donors (Lipinski definition) is 2. The summed E-state index contributed by atoms with van der Waals surface area (Å²) in [5, 5.41) is 0.338. The molecule has 0 aromatic heterocycles. The molecular formula is C18H20ClN3O4S. The highest BCUT2D eigenvalue weighted by atomic mass is 35.5. The lowest BCUT2D eigenvalue weighted by molar-refractivity contribution is -0.120. The Hall–Kier alpha value is -2.58. The van der Waals surface area contributed by atoms with Crippen molar-refractivity contribution >= 4 is 39.1 Å². The lowest BCUT2D eigenvalue weighted by Gasteiger charge is -2.22. The van der Waals surface area contributed by atoms with Crippen LogP contribution in [0.3, 0.4) is 0 Å². The zero-order valence-corrected chi connectivity index (χ0v) is 16.7. The van der Waals surface area contributed by atoms with Gasteiger partial charge in [0.05, 0.1) is 11.9 Å². The molecule has 2 aromatic rings. The molecule has 2 N–H and O–H groups in total. The fourth-order valence-corrected chi connectivity index (χ4v) is 3.50. The monoisotopic (exact) mass is 409 g/mol. The third-order valence-corrected chi connectivity index (χ3v) is 5.10. The third kappa shape index (κ3) is 5.70. The molecule has 0 saturated heterocycles. The molecule has 0 bridgehead atoms. The highest BCUT2D eigenvalue weighted by Crippen LogP contribution is 2.21. The second kappa shape index (κ2) is 8.41. The van der Waals surface area contributed by atoms with E-state index in [0.717, 1.165) is 21.7 Å². The van der Waals surface area contributed by atoms with Crippen molar-refractivity contribution in [3.8, 4) is 0 Å². The Bertz CT molecular complexity index is 976. The molecule has 2 rings (SSSR count). The van der Waals surface area contributed by atoms with Crippen LogP contribution in [0.5, 0.6) is 0 Å². The summed E-state index contributed by atoms with van der Waals surface area (Å²) in [6, 6.07) is 11.4. The molecule has 2 aromatic carbocycles. The summed E-state index contributed by atoms with van der Waals surface area (Å²) in [5.41, 5.74) is 6.96. The Morgan fingerprint density at radius 3 is 2.37 bits per heavy atom. The number of anilines is 1. The number of sulfonamides is 1. The number of benzene rings is 2. The molecule has 2 amide bonds. The Morgan fingerprint density at radius 2 is 1.78 bits per heavy atom. The maximum atomic E-state index is 12.2. The Kier molecular flexibility index (Phi) is 6.45. The van der Waals surface area contributed by atoms with Crippen LogP contribution in [0.1, 0.15) is 21.5 Å². The van der Waals surface area contributed by atoms with Gasteiger partial charge in [-0.3, -0.25) is 24.7 Å². The first-order valence-electron chi connectivity index (χ1n) is 7.97. The lowest BCUT2D eigenvalue weighted by Crippen LogP contribution is -2.47. The summed E-state index contributed by atoms with van der Waals surface area (Å²) in [6.45, 7) is 3.19. The zero-order chi connectivity index (χ0) is 20.2. The molecule has 0 aliphatic carbocycles. The van der Waals surface area contributed by atoms with Gasteiger partial charge in [-0.25, -0.2) is 8.42 Å². The van der Waals surface area contributed by atoms with Gasteiger partial charge in [0.25, 0.3) is 11.8 Å². The molecule has 0 aliphatic rings. The van der Waals surface area contributed by atoms with E-state index in [9.17, 15) is 18.0 Å². The van der Waals surface area contributed by atoms with Crippen LogP contribution >= 0.6 is 11.6 Å². The maximum absolute atomic E-state index is 12.2. The second-order valence-corrected chi connectivity index (χ2v) is 8.41. The number of halogens is 1. The molecule has 0 heterocycles. The first-order valence-corrected chi connectivity index (χ1v) is 10.2. The summed E-state index contributed by atoms with van der Waals surface area (Å²) in [4.78, 5) is 24.4. The summed E-state index contributed by atoms with van der Waals surface area (Å²) in [5.74, 6) is -1.19. The second-order valence-electron chi connectivity index (χ2n) is 6.07. The van der Waals surface area contributed by atoms with Crippen LogP contribution < -0.4 is 15.2 Å². The molecule has 0 aliphatic heterocycles. The third-order valence-electron chi connectivity index (χ3n) is 3.73. The Labute approximate surface area is 163 Å².